The van der Waals surface area contributed by atoms with Crippen molar-refractivity contribution in [2.75, 3.05) is 6.54 Å². The molecule has 19 heavy (non-hydrogen) atoms. The molecule has 1 aliphatic carbocycles. The highest BCUT2D eigenvalue weighted by Gasteiger charge is 2.50. The number of aliphatic hydroxyl groups excluding tert-OH is 1. The SMILES string of the molecule is CCCN(C1CC(O)CCC1C(F)(F)F)C(C)(C)C. The Balaban J connectivity index is 3.00. The smallest absolute Gasteiger partial charge is 0.393 e. The number of halogens is 3. The van der Waals surface area contributed by atoms with Crippen molar-refractivity contribution >= 4 is 0 Å². The Morgan fingerprint density at radius 3 is 2.16 bits per heavy atom. The molecule has 114 valence electrons. The molecule has 0 saturated heterocycles. The highest BCUT2D eigenvalue weighted by molar-refractivity contribution is 4.94. The van der Waals surface area contributed by atoms with E-state index in [1.54, 1.807) is 0 Å². The van der Waals surface area contributed by atoms with Gasteiger partial charge in [0.1, 0.15) is 0 Å². The lowest BCUT2D eigenvalue weighted by atomic mass is 9.79. The van der Waals surface area contributed by atoms with E-state index in [1.807, 2.05) is 32.6 Å². The molecule has 1 fully saturated rings. The van der Waals surface area contributed by atoms with Gasteiger partial charge >= 0.3 is 6.18 Å². The minimum Gasteiger partial charge on any atom is -0.393 e. The Kier molecular flexibility index (Phi) is 5.29. The van der Waals surface area contributed by atoms with Crippen molar-refractivity contribution in [2.24, 2.45) is 5.92 Å². The average Bonchev–Trinajstić information content (AvgIpc) is 2.22. The monoisotopic (exact) mass is 281 g/mol. The number of hydrogen-bond donors (Lipinski definition) is 1. The summed E-state index contributed by atoms with van der Waals surface area (Å²) in [6, 6.07) is -0.608. The molecule has 0 aromatic carbocycles. The zero-order valence-electron chi connectivity index (χ0n) is 12.3. The summed E-state index contributed by atoms with van der Waals surface area (Å²) < 4.78 is 39.6. The topological polar surface area (TPSA) is 23.5 Å². The summed E-state index contributed by atoms with van der Waals surface area (Å²) in [6.45, 7) is 8.43. The molecule has 0 radical (unpaired) electrons. The van der Waals surface area contributed by atoms with Gasteiger partial charge in [-0.2, -0.15) is 13.2 Å². The van der Waals surface area contributed by atoms with Gasteiger partial charge in [0.05, 0.1) is 12.0 Å². The lowest BCUT2D eigenvalue weighted by Gasteiger charge is -2.48. The van der Waals surface area contributed by atoms with Gasteiger partial charge in [-0.15, -0.1) is 0 Å². The third-order valence-electron chi connectivity index (χ3n) is 3.94. The second-order valence-corrected chi connectivity index (χ2v) is 6.55. The van der Waals surface area contributed by atoms with Crippen LogP contribution >= 0.6 is 0 Å². The molecule has 0 amide bonds. The number of alkyl halides is 3. The van der Waals surface area contributed by atoms with E-state index in [-0.39, 0.29) is 24.8 Å². The van der Waals surface area contributed by atoms with Crippen molar-refractivity contribution in [2.45, 2.75) is 77.2 Å². The normalized spacial score (nSPS) is 29.8. The second kappa shape index (κ2) is 6.00. The number of nitrogens with zero attached hydrogens (tertiary/aromatic N) is 1. The zero-order valence-corrected chi connectivity index (χ0v) is 12.3. The van der Waals surface area contributed by atoms with Crippen molar-refractivity contribution in [3.05, 3.63) is 0 Å². The van der Waals surface area contributed by atoms with Crippen LogP contribution in [0.1, 0.15) is 53.4 Å². The minimum atomic E-state index is -4.18. The molecule has 0 aromatic rings. The van der Waals surface area contributed by atoms with Gasteiger partial charge in [0.15, 0.2) is 0 Å². The third-order valence-corrected chi connectivity index (χ3v) is 3.94. The van der Waals surface area contributed by atoms with Crippen LogP contribution in [0.5, 0.6) is 0 Å². The van der Waals surface area contributed by atoms with Crippen LogP contribution in [0.3, 0.4) is 0 Å². The number of rotatable bonds is 3. The van der Waals surface area contributed by atoms with Crippen molar-refractivity contribution in [1.29, 1.82) is 0 Å². The molecule has 3 unspecified atom stereocenters. The van der Waals surface area contributed by atoms with Gasteiger partial charge in [0.2, 0.25) is 0 Å². The quantitative estimate of drug-likeness (QED) is 0.854. The highest BCUT2D eigenvalue weighted by Crippen LogP contribution is 2.41. The van der Waals surface area contributed by atoms with E-state index < -0.39 is 24.2 Å². The van der Waals surface area contributed by atoms with Crippen molar-refractivity contribution in [1.82, 2.24) is 4.90 Å². The summed E-state index contributed by atoms with van der Waals surface area (Å²) in [6.07, 6.45) is -3.46. The van der Waals surface area contributed by atoms with Crippen LogP contribution in [0.15, 0.2) is 0 Å². The second-order valence-electron chi connectivity index (χ2n) is 6.55. The Bertz CT molecular complexity index is 285. The van der Waals surface area contributed by atoms with Gasteiger partial charge in [-0.1, -0.05) is 6.92 Å². The minimum absolute atomic E-state index is 0.0334. The van der Waals surface area contributed by atoms with Crippen LogP contribution in [0, 0.1) is 5.92 Å². The lowest BCUT2D eigenvalue weighted by molar-refractivity contribution is -0.210. The summed E-state index contributed by atoms with van der Waals surface area (Å²) in [5, 5.41) is 9.75. The van der Waals surface area contributed by atoms with E-state index in [4.69, 9.17) is 0 Å². The Morgan fingerprint density at radius 2 is 1.74 bits per heavy atom. The average molecular weight is 281 g/mol. The van der Waals surface area contributed by atoms with E-state index >= 15 is 0 Å². The summed E-state index contributed by atoms with van der Waals surface area (Å²) in [4.78, 5) is 1.92. The maximum Gasteiger partial charge on any atom is 0.393 e. The Labute approximate surface area is 114 Å². The van der Waals surface area contributed by atoms with Crippen molar-refractivity contribution in [3.63, 3.8) is 0 Å². The van der Waals surface area contributed by atoms with E-state index in [0.717, 1.165) is 6.42 Å². The van der Waals surface area contributed by atoms with Gasteiger partial charge in [-0.25, -0.2) is 0 Å². The van der Waals surface area contributed by atoms with Gasteiger partial charge < -0.3 is 5.11 Å². The molecule has 3 atom stereocenters. The molecular formula is C14H26F3NO. The van der Waals surface area contributed by atoms with Gasteiger partial charge in [-0.3, -0.25) is 4.90 Å². The fraction of sp³-hybridized carbons (Fsp3) is 1.00. The molecule has 0 spiro atoms. The highest BCUT2D eigenvalue weighted by atomic mass is 19.4. The predicted molar refractivity (Wildman–Crippen MR) is 69.9 cm³/mol. The molecule has 0 bridgehead atoms. The molecular weight excluding hydrogens is 255 g/mol. The summed E-state index contributed by atoms with van der Waals surface area (Å²) in [5.41, 5.74) is -0.318. The van der Waals surface area contributed by atoms with Crippen LogP contribution in [-0.2, 0) is 0 Å². The molecule has 1 rings (SSSR count). The lowest BCUT2D eigenvalue weighted by Crippen LogP contribution is -2.56. The molecule has 0 aliphatic heterocycles. The van der Waals surface area contributed by atoms with Crippen molar-refractivity contribution < 1.29 is 18.3 Å². The maximum absolute atomic E-state index is 13.2. The first-order valence-corrected chi connectivity index (χ1v) is 7.09. The molecule has 5 heteroatoms. The van der Waals surface area contributed by atoms with Crippen LogP contribution in [0.4, 0.5) is 13.2 Å². The van der Waals surface area contributed by atoms with E-state index in [2.05, 4.69) is 0 Å². The Hall–Kier alpha value is -0.290. The van der Waals surface area contributed by atoms with Crippen LogP contribution in [0.25, 0.3) is 0 Å². The van der Waals surface area contributed by atoms with E-state index in [9.17, 15) is 18.3 Å². The zero-order chi connectivity index (χ0) is 14.8. The molecule has 1 N–H and O–H groups in total. The molecule has 0 aromatic heterocycles. The number of aliphatic hydroxyl groups is 1. The fourth-order valence-electron chi connectivity index (χ4n) is 3.09. The summed E-state index contributed by atoms with van der Waals surface area (Å²) in [7, 11) is 0. The number of hydrogen-bond acceptors (Lipinski definition) is 2. The van der Waals surface area contributed by atoms with Gasteiger partial charge in [-0.05, 0) is 53.0 Å². The van der Waals surface area contributed by atoms with Gasteiger partial charge in [0, 0.05) is 11.6 Å². The molecule has 1 aliphatic rings. The molecule has 1 saturated carbocycles. The molecule has 0 heterocycles. The summed E-state index contributed by atoms with van der Waals surface area (Å²) in [5.74, 6) is -1.32. The third kappa shape index (κ3) is 4.35. The summed E-state index contributed by atoms with van der Waals surface area (Å²) >= 11 is 0. The Morgan fingerprint density at radius 1 is 1.16 bits per heavy atom. The predicted octanol–water partition coefficient (Wildman–Crippen LogP) is 3.59. The molecule has 2 nitrogen and oxygen atoms in total. The first kappa shape index (κ1) is 16.8. The van der Waals surface area contributed by atoms with Crippen molar-refractivity contribution in [3.8, 4) is 0 Å². The first-order valence-electron chi connectivity index (χ1n) is 7.09. The fourth-order valence-corrected chi connectivity index (χ4v) is 3.09. The van der Waals surface area contributed by atoms with Crippen LogP contribution in [0.2, 0.25) is 0 Å². The maximum atomic E-state index is 13.2. The van der Waals surface area contributed by atoms with Crippen LogP contribution in [-0.4, -0.2) is 40.4 Å². The van der Waals surface area contributed by atoms with E-state index in [0.29, 0.717) is 6.54 Å². The van der Waals surface area contributed by atoms with E-state index in [1.165, 1.54) is 0 Å². The first-order chi connectivity index (χ1) is 8.57. The van der Waals surface area contributed by atoms with Gasteiger partial charge in [0.25, 0.3) is 0 Å². The van der Waals surface area contributed by atoms with Crippen LogP contribution < -0.4 is 0 Å². The largest absolute Gasteiger partial charge is 0.393 e. The standard InChI is InChI=1S/C14H26F3NO/c1-5-8-18(13(2,3)4)12-9-10(19)6-7-11(12)14(15,16)17/h10-12,19H,5-9H2,1-4H3.